The third-order valence-corrected chi connectivity index (χ3v) is 6.07. The van der Waals surface area contributed by atoms with Gasteiger partial charge in [0.15, 0.2) is 0 Å². The van der Waals surface area contributed by atoms with Gasteiger partial charge in [-0.3, -0.25) is 9.91 Å². The first kappa shape index (κ1) is 23.7. The van der Waals surface area contributed by atoms with Gasteiger partial charge in [0, 0.05) is 25.3 Å². The number of aliphatic hydroxyl groups is 2. The van der Waals surface area contributed by atoms with Gasteiger partial charge in [0.1, 0.15) is 11.9 Å². The molecule has 184 valence electrons. The lowest BCUT2D eigenvalue weighted by Gasteiger charge is -2.35. The van der Waals surface area contributed by atoms with Crippen LogP contribution < -0.4 is 26.1 Å². The van der Waals surface area contributed by atoms with Crippen LogP contribution in [-0.4, -0.2) is 72.9 Å². The van der Waals surface area contributed by atoms with Crippen LogP contribution in [0.3, 0.4) is 0 Å². The number of carbonyl (C=O) groups is 1. The number of nitrogens with one attached hydrogen (secondary N) is 4. The summed E-state index contributed by atoms with van der Waals surface area (Å²) in [5, 5.41) is 26.7. The Morgan fingerprint density at radius 2 is 2.15 bits per heavy atom. The number of halogens is 1. The first-order valence-electron chi connectivity index (χ1n) is 11.1. The number of anilines is 2. The number of rotatable bonds is 9. The van der Waals surface area contributed by atoms with E-state index >= 15 is 4.39 Å². The van der Waals surface area contributed by atoms with Crippen molar-refractivity contribution >= 4 is 17.5 Å². The fourth-order valence-electron chi connectivity index (χ4n) is 4.32. The summed E-state index contributed by atoms with van der Waals surface area (Å²) in [5.74, 6) is -0.417. The summed E-state index contributed by atoms with van der Waals surface area (Å²) >= 11 is 0. The van der Waals surface area contributed by atoms with Crippen molar-refractivity contribution in [3.63, 3.8) is 0 Å². The molecule has 1 aromatic carbocycles. The van der Waals surface area contributed by atoms with Gasteiger partial charge in [-0.2, -0.15) is 5.11 Å². The third kappa shape index (κ3) is 5.21. The van der Waals surface area contributed by atoms with Crippen LogP contribution in [-0.2, 0) is 4.74 Å². The fourth-order valence-corrected chi connectivity index (χ4v) is 4.32. The maximum absolute atomic E-state index is 15.0. The molecule has 1 atom stereocenters. The average molecular weight is 477 g/mol. The maximum atomic E-state index is 15.0. The highest BCUT2D eigenvalue weighted by Gasteiger charge is 2.35. The molecule has 2 fully saturated rings. The summed E-state index contributed by atoms with van der Waals surface area (Å²) in [4.78, 5) is 15.8. The van der Waals surface area contributed by atoms with Crippen molar-refractivity contribution in [1.82, 2.24) is 21.3 Å². The van der Waals surface area contributed by atoms with Crippen LogP contribution in [0, 0.1) is 11.3 Å². The molecule has 1 aromatic rings. The molecule has 13 heteroatoms. The molecule has 2 saturated heterocycles. The molecular weight excluding hydrogens is 447 g/mol. The Labute approximate surface area is 196 Å². The van der Waals surface area contributed by atoms with E-state index < -0.39 is 18.0 Å². The van der Waals surface area contributed by atoms with Crippen molar-refractivity contribution in [3.05, 3.63) is 47.8 Å². The van der Waals surface area contributed by atoms with Crippen LogP contribution >= 0.6 is 0 Å². The Hall–Kier alpha value is -3.42. The van der Waals surface area contributed by atoms with Gasteiger partial charge in [0.2, 0.25) is 0 Å². The SMILES string of the molecule is N=N/C=C(/CO)NC1CCN(c2ccc(N3C[C@H](CN4NNC=C4CO)OC3=O)cc2F)CC1. The molecule has 0 aliphatic carbocycles. The molecule has 0 spiro atoms. The summed E-state index contributed by atoms with van der Waals surface area (Å²) in [6.45, 7) is 1.45. The molecule has 0 aromatic heterocycles. The van der Waals surface area contributed by atoms with E-state index in [1.54, 1.807) is 23.3 Å². The molecular formula is C21H29FN8O4. The molecule has 1 amide bonds. The monoisotopic (exact) mass is 476 g/mol. The van der Waals surface area contributed by atoms with Gasteiger partial charge in [-0.15, -0.1) is 5.53 Å². The summed E-state index contributed by atoms with van der Waals surface area (Å²) in [5.41, 5.74) is 14.5. The molecule has 3 heterocycles. The van der Waals surface area contributed by atoms with Crippen LogP contribution in [0.5, 0.6) is 0 Å². The maximum Gasteiger partial charge on any atom is 0.414 e. The molecule has 34 heavy (non-hydrogen) atoms. The molecule has 12 nitrogen and oxygen atoms in total. The summed E-state index contributed by atoms with van der Waals surface area (Å²) in [7, 11) is 0. The normalized spacial score (nSPS) is 21.4. The number of nitrogens with zero attached hydrogens (tertiary/aromatic N) is 4. The van der Waals surface area contributed by atoms with Crippen molar-refractivity contribution in [2.75, 3.05) is 49.2 Å². The highest BCUT2D eigenvalue weighted by atomic mass is 19.1. The molecule has 0 radical (unpaired) electrons. The van der Waals surface area contributed by atoms with Crippen molar-refractivity contribution in [2.45, 2.75) is 25.0 Å². The van der Waals surface area contributed by atoms with Gasteiger partial charge in [-0.25, -0.2) is 14.7 Å². The number of hydrazine groups is 2. The van der Waals surface area contributed by atoms with E-state index in [9.17, 15) is 15.0 Å². The first-order chi connectivity index (χ1) is 16.5. The van der Waals surface area contributed by atoms with Gasteiger partial charge >= 0.3 is 6.09 Å². The second-order valence-electron chi connectivity index (χ2n) is 8.26. The smallest absolute Gasteiger partial charge is 0.414 e. The number of piperidine rings is 1. The second-order valence-corrected chi connectivity index (χ2v) is 8.26. The number of aliphatic hydroxyl groups excluding tert-OH is 2. The minimum Gasteiger partial charge on any atom is -0.442 e. The van der Waals surface area contributed by atoms with Gasteiger partial charge in [-0.1, -0.05) is 0 Å². The molecule has 3 aliphatic heterocycles. The van der Waals surface area contributed by atoms with Crippen molar-refractivity contribution in [3.8, 4) is 0 Å². The van der Waals surface area contributed by atoms with Gasteiger partial charge in [-0.05, 0) is 31.0 Å². The van der Waals surface area contributed by atoms with Crippen molar-refractivity contribution < 1.29 is 24.1 Å². The van der Waals surface area contributed by atoms with E-state index in [-0.39, 0.29) is 25.8 Å². The topological polar surface area (TPSA) is 149 Å². The van der Waals surface area contributed by atoms with E-state index in [1.807, 2.05) is 4.90 Å². The molecule has 0 saturated carbocycles. The minimum absolute atomic E-state index is 0.108. The Morgan fingerprint density at radius 1 is 1.35 bits per heavy atom. The molecule has 3 aliphatic rings. The lowest BCUT2D eigenvalue weighted by atomic mass is 10.0. The highest BCUT2D eigenvalue weighted by Crippen LogP contribution is 2.30. The fraction of sp³-hybridized carbons (Fsp3) is 0.476. The highest BCUT2D eigenvalue weighted by molar-refractivity contribution is 5.90. The van der Waals surface area contributed by atoms with E-state index in [0.29, 0.717) is 42.4 Å². The van der Waals surface area contributed by atoms with E-state index in [4.69, 9.17) is 10.3 Å². The lowest BCUT2D eigenvalue weighted by molar-refractivity contribution is 0.0982. The zero-order valence-corrected chi connectivity index (χ0v) is 18.6. The molecule has 6 N–H and O–H groups in total. The van der Waals surface area contributed by atoms with E-state index in [2.05, 4.69) is 21.4 Å². The Kier molecular flexibility index (Phi) is 7.45. The van der Waals surface area contributed by atoms with Gasteiger partial charge in [0.05, 0.1) is 55.3 Å². The standard InChI is InChI=1S/C21H29FN8O4/c22-19-7-16(29-10-18(34-21(29)33)11-30-17(13-32)9-25-27-30)1-2-20(19)28-5-3-14(4-6-28)26-15(12-31)8-24-23/h1-2,7-9,14,18,23,25-27,31-32H,3-6,10-13H2/b15-8-,24-23?/t18-/m1/s1. The Bertz CT molecular complexity index is 966. The number of benzene rings is 1. The van der Waals surface area contributed by atoms with Crippen molar-refractivity contribution in [1.29, 1.82) is 5.53 Å². The van der Waals surface area contributed by atoms with Crippen LogP contribution in [0.15, 0.2) is 47.1 Å². The minimum atomic E-state index is -0.544. The number of ether oxygens (including phenoxy) is 1. The van der Waals surface area contributed by atoms with Crippen LogP contribution in [0.25, 0.3) is 0 Å². The summed E-state index contributed by atoms with van der Waals surface area (Å²) in [6.07, 6.45) is 3.37. The molecule has 0 bridgehead atoms. The molecule has 0 unspecified atom stereocenters. The lowest BCUT2D eigenvalue weighted by Crippen LogP contribution is -2.43. The zero-order valence-electron chi connectivity index (χ0n) is 18.6. The van der Waals surface area contributed by atoms with E-state index in [1.165, 1.54) is 17.2 Å². The second kappa shape index (κ2) is 10.7. The van der Waals surface area contributed by atoms with Crippen LogP contribution in [0.4, 0.5) is 20.6 Å². The number of amides is 1. The molecule has 4 rings (SSSR count). The average Bonchev–Trinajstić information content (AvgIpc) is 3.45. The van der Waals surface area contributed by atoms with Crippen molar-refractivity contribution in [2.24, 2.45) is 5.11 Å². The van der Waals surface area contributed by atoms with Crippen LogP contribution in [0.2, 0.25) is 0 Å². The number of hydrogen-bond acceptors (Lipinski definition) is 11. The summed E-state index contributed by atoms with van der Waals surface area (Å²) in [6, 6.07) is 4.84. The predicted octanol–water partition coefficient (Wildman–Crippen LogP) is 0.732. The zero-order chi connectivity index (χ0) is 24.1. The summed E-state index contributed by atoms with van der Waals surface area (Å²) < 4.78 is 20.5. The quantitative estimate of drug-likeness (QED) is 0.284. The third-order valence-electron chi connectivity index (χ3n) is 6.07. The largest absolute Gasteiger partial charge is 0.442 e. The first-order valence-corrected chi connectivity index (χ1v) is 11.1. The number of hydrogen-bond donors (Lipinski definition) is 6. The van der Waals surface area contributed by atoms with E-state index in [0.717, 1.165) is 12.8 Å². The number of cyclic esters (lactones) is 1. The number of carbonyl (C=O) groups excluding carboxylic acids is 1. The van der Waals surface area contributed by atoms with Gasteiger partial charge < -0.3 is 30.6 Å². The Balaban J connectivity index is 1.34. The van der Waals surface area contributed by atoms with Gasteiger partial charge in [0.25, 0.3) is 0 Å². The predicted molar refractivity (Wildman–Crippen MR) is 121 cm³/mol. The Morgan fingerprint density at radius 3 is 2.82 bits per heavy atom. The van der Waals surface area contributed by atoms with Crippen LogP contribution in [0.1, 0.15) is 12.8 Å².